The van der Waals surface area contributed by atoms with Crippen LogP contribution in [0.2, 0.25) is 0 Å². The molecule has 2 rings (SSSR count). The molecule has 0 amide bonds. The maximum atomic E-state index is 10.9. The first-order valence-corrected chi connectivity index (χ1v) is 8.01. The van der Waals surface area contributed by atoms with Crippen LogP contribution in [0.3, 0.4) is 0 Å². The Labute approximate surface area is 147 Å². The summed E-state index contributed by atoms with van der Waals surface area (Å²) in [6.45, 7) is 3.18. The number of carbonyl (C=O) groups is 1. The van der Waals surface area contributed by atoms with Crippen LogP contribution >= 0.6 is 0 Å². The van der Waals surface area contributed by atoms with Crippen molar-refractivity contribution in [2.75, 3.05) is 31.7 Å². The van der Waals surface area contributed by atoms with E-state index >= 15 is 0 Å². The van der Waals surface area contributed by atoms with Gasteiger partial charge in [0.15, 0.2) is 0 Å². The lowest BCUT2D eigenvalue weighted by Crippen LogP contribution is -2.25. The van der Waals surface area contributed by atoms with Gasteiger partial charge in [0.05, 0.1) is 13.2 Å². The molecule has 0 N–H and O–H groups in total. The number of carboxylic acids is 1. The van der Waals surface area contributed by atoms with Gasteiger partial charge in [0.25, 0.3) is 0 Å². The molecule has 0 aliphatic rings. The monoisotopic (exact) mass is 341 g/mol. The summed E-state index contributed by atoms with van der Waals surface area (Å²) in [5.41, 5.74) is 0.700. The second kappa shape index (κ2) is 9.32. The van der Waals surface area contributed by atoms with Gasteiger partial charge in [-0.2, -0.15) is 0 Å². The van der Waals surface area contributed by atoms with Gasteiger partial charge in [-0.15, -0.1) is 0 Å². The molecule has 0 atom stereocenters. The summed E-state index contributed by atoms with van der Waals surface area (Å²) in [7, 11) is 1.95. The van der Waals surface area contributed by atoms with Crippen LogP contribution in [-0.2, 0) is 9.53 Å². The van der Waals surface area contributed by atoms with Crippen molar-refractivity contribution in [1.82, 2.24) is 4.98 Å². The third-order valence-corrected chi connectivity index (χ3v) is 3.41. The first kappa shape index (κ1) is 18.3. The van der Waals surface area contributed by atoms with E-state index in [-0.39, 0.29) is 12.4 Å². The molecule has 0 saturated heterocycles. The Balaban J connectivity index is 1.88. The molecular weight excluding hydrogens is 320 g/mol. The Bertz CT molecular complexity index is 699. The van der Waals surface area contributed by atoms with Gasteiger partial charge in [-0.3, -0.25) is 0 Å². The smallest absolute Gasteiger partial charge is 0.142 e. The van der Waals surface area contributed by atoms with Crippen LogP contribution < -0.4 is 14.7 Å². The highest BCUT2D eigenvalue weighted by Gasteiger charge is 2.03. The van der Waals surface area contributed by atoms with Crippen molar-refractivity contribution in [1.29, 1.82) is 0 Å². The molecule has 0 unspecified atom stereocenters. The zero-order valence-corrected chi connectivity index (χ0v) is 14.3. The van der Waals surface area contributed by atoms with Gasteiger partial charge < -0.3 is 24.3 Å². The maximum Gasteiger partial charge on any atom is 0.142 e. The van der Waals surface area contributed by atoms with Crippen molar-refractivity contribution in [2.45, 2.75) is 6.92 Å². The van der Waals surface area contributed by atoms with Crippen LogP contribution in [0.15, 0.2) is 54.4 Å². The van der Waals surface area contributed by atoms with E-state index in [1.165, 1.54) is 6.08 Å². The number of rotatable bonds is 9. The Morgan fingerprint density at radius 1 is 1.24 bits per heavy atom. The summed E-state index contributed by atoms with van der Waals surface area (Å²) < 4.78 is 10.7. The Hall–Kier alpha value is -3.02. The van der Waals surface area contributed by atoms with Gasteiger partial charge in [-0.05, 0) is 42.8 Å². The number of hydrogen-bond acceptors (Lipinski definition) is 6. The molecule has 0 aliphatic heterocycles. The van der Waals surface area contributed by atoms with Crippen molar-refractivity contribution in [3.05, 3.63) is 60.0 Å². The summed E-state index contributed by atoms with van der Waals surface area (Å²) in [5.74, 6) is 0.0724. The van der Waals surface area contributed by atoms with Gasteiger partial charge in [0, 0.05) is 13.2 Å². The van der Waals surface area contributed by atoms with E-state index < -0.39 is 5.97 Å². The van der Waals surface area contributed by atoms with Gasteiger partial charge in [0.2, 0.25) is 0 Å². The number of aromatic nitrogens is 1. The number of hydrogen-bond donors (Lipinski definition) is 0. The van der Waals surface area contributed by atoms with E-state index in [0.29, 0.717) is 24.5 Å². The minimum atomic E-state index is -1.33. The number of carbonyl (C=O) groups excluding carboxylic acids is 1. The van der Waals surface area contributed by atoms with E-state index in [4.69, 9.17) is 9.47 Å². The number of ether oxygens (including phenoxy) is 2. The number of likely N-dealkylation sites (N-methyl/N-ethyl adjacent to an activating group) is 1. The predicted molar refractivity (Wildman–Crippen MR) is 94.1 cm³/mol. The van der Waals surface area contributed by atoms with Crippen LogP contribution in [0.1, 0.15) is 12.5 Å². The number of aliphatic carboxylic acids is 1. The zero-order chi connectivity index (χ0) is 18.1. The molecule has 0 bridgehead atoms. The SMILES string of the molecule is CCO/C(=C\c1ccc(OCCN(C)c2ccccn2)cc1)C(=O)[O-]. The van der Waals surface area contributed by atoms with Gasteiger partial charge in [-0.1, -0.05) is 18.2 Å². The van der Waals surface area contributed by atoms with Crippen LogP contribution in [0.4, 0.5) is 5.82 Å². The summed E-state index contributed by atoms with van der Waals surface area (Å²) in [4.78, 5) is 17.2. The van der Waals surface area contributed by atoms with Crippen molar-refractivity contribution in [3.8, 4) is 5.75 Å². The third kappa shape index (κ3) is 5.84. The van der Waals surface area contributed by atoms with Crippen molar-refractivity contribution in [2.24, 2.45) is 0 Å². The average Bonchev–Trinajstić information content (AvgIpc) is 2.63. The molecule has 0 spiro atoms. The van der Waals surface area contributed by atoms with Gasteiger partial charge in [0.1, 0.15) is 29.9 Å². The first-order chi connectivity index (χ1) is 12.1. The van der Waals surface area contributed by atoms with E-state index in [1.807, 2.05) is 30.1 Å². The summed E-state index contributed by atoms with van der Waals surface area (Å²) in [6, 6.07) is 12.8. The first-order valence-electron chi connectivity index (χ1n) is 8.01. The third-order valence-electron chi connectivity index (χ3n) is 3.41. The number of benzene rings is 1. The Morgan fingerprint density at radius 2 is 2.00 bits per heavy atom. The minimum absolute atomic E-state index is 0.187. The van der Waals surface area contributed by atoms with Crippen LogP contribution in [0.25, 0.3) is 6.08 Å². The van der Waals surface area contributed by atoms with Crippen molar-refractivity contribution in [3.63, 3.8) is 0 Å². The molecule has 1 heterocycles. The minimum Gasteiger partial charge on any atom is -0.542 e. The molecule has 1 aromatic carbocycles. The number of nitrogens with zero attached hydrogens (tertiary/aromatic N) is 2. The van der Waals surface area contributed by atoms with Gasteiger partial charge in [-0.25, -0.2) is 4.98 Å². The van der Waals surface area contributed by atoms with E-state index in [0.717, 1.165) is 5.82 Å². The second-order valence-electron chi connectivity index (χ2n) is 5.26. The van der Waals surface area contributed by atoms with Crippen molar-refractivity contribution >= 4 is 17.9 Å². The average molecular weight is 341 g/mol. The molecule has 1 aromatic heterocycles. The van der Waals surface area contributed by atoms with Gasteiger partial charge >= 0.3 is 0 Å². The standard InChI is InChI=1S/C19H22N2O4/c1-3-24-17(19(22)23)14-15-7-9-16(10-8-15)25-13-12-21(2)18-6-4-5-11-20-18/h4-11,14H,3,12-13H2,1-2H3,(H,22,23)/p-1/b17-14-. The zero-order valence-electron chi connectivity index (χ0n) is 14.3. The highest BCUT2D eigenvalue weighted by Crippen LogP contribution is 2.15. The van der Waals surface area contributed by atoms with Crippen LogP contribution in [0.5, 0.6) is 5.75 Å². The largest absolute Gasteiger partial charge is 0.542 e. The lowest BCUT2D eigenvalue weighted by atomic mass is 10.2. The number of carboxylic acid groups (broad SMARTS) is 1. The molecular formula is C19H21N2O4-. The molecule has 0 aliphatic carbocycles. The highest BCUT2D eigenvalue weighted by molar-refractivity contribution is 5.88. The van der Waals surface area contributed by atoms with Crippen LogP contribution in [-0.4, -0.2) is 37.8 Å². The molecule has 2 aromatic rings. The fraction of sp³-hybridized carbons (Fsp3) is 0.263. The molecule has 0 saturated carbocycles. The molecule has 0 fully saturated rings. The quantitative estimate of drug-likeness (QED) is 0.511. The molecule has 6 nitrogen and oxygen atoms in total. The lowest BCUT2D eigenvalue weighted by molar-refractivity contribution is -0.303. The molecule has 6 heteroatoms. The fourth-order valence-corrected chi connectivity index (χ4v) is 2.12. The fourth-order valence-electron chi connectivity index (χ4n) is 2.12. The van der Waals surface area contributed by atoms with E-state index in [2.05, 4.69) is 4.98 Å². The maximum absolute atomic E-state index is 10.9. The normalized spacial score (nSPS) is 11.0. The lowest BCUT2D eigenvalue weighted by Gasteiger charge is -2.18. The summed E-state index contributed by atoms with van der Waals surface area (Å²) >= 11 is 0. The number of anilines is 1. The Morgan fingerprint density at radius 3 is 2.60 bits per heavy atom. The molecule has 25 heavy (non-hydrogen) atoms. The van der Waals surface area contributed by atoms with Crippen LogP contribution in [0, 0.1) is 0 Å². The predicted octanol–water partition coefficient (Wildman–Crippen LogP) is 1.72. The summed E-state index contributed by atoms with van der Waals surface area (Å²) in [5, 5.41) is 10.9. The number of pyridine rings is 1. The second-order valence-corrected chi connectivity index (χ2v) is 5.26. The Kier molecular flexibility index (Phi) is 6.83. The highest BCUT2D eigenvalue weighted by atomic mass is 16.5. The van der Waals surface area contributed by atoms with E-state index in [1.54, 1.807) is 37.4 Å². The van der Waals surface area contributed by atoms with Crippen molar-refractivity contribution < 1.29 is 19.4 Å². The topological polar surface area (TPSA) is 74.7 Å². The molecule has 0 radical (unpaired) electrons. The molecule has 132 valence electrons. The van der Waals surface area contributed by atoms with E-state index in [9.17, 15) is 9.90 Å². The summed E-state index contributed by atoms with van der Waals surface area (Å²) in [6.07, 6.45) is 3.18.